The first-order valence-corrected chi connectivity index (χ1v) is 10.9. The molecule has 0 aliphatic carbocycles. The number of amides is 1. The summed E-state index contributed by atoms with van der Waals surface area (Å²) in [6.07, 6.45) is 9.38. The van der Waals surface area contributed by atoms with Crippen LogP contribution in [0, 0.1) is 0 Å². The molecular formula is C25H27N7O2. The van der Waals surface area contributed by atoms with Gasteiger partial charge in [-0.25, -0.2) is 15.0 Å². The lowest BCUT2D eigenvalue weighted by Crippen LogP contribution is -2.13. The molecule has 1 amide bonds. The summed E-state index contributed by atoms with van der Waals surface area (Å²) < 4.78 is 5.37. The average Bonchev–Trinajstić information content (AvgIpc) is 3.27. The minimum Gasteiger partial charge on any atom is -0.481 e. The zero-order valence-electron chi connectivity index (χ0n) is 19.7. The lowest BCUT2D eigenvalue weighted by Gasteiger charge is -2.09. The van der Waals surface area contributed by atoms with Crippen molar-refractivity contribution in [2.24, 2.45) is 0 Å². The Morgan fingerprint density at radius 3 is 2.76 bits per heavy atom. The fourth-order valence-electron chi connectivity index (χ4n) is 3.49. The first kappa shape index (κ1) is 23.1. The van der Waals surface area contributed by atoms with Crippen LogP contribution in [0.1, 0.15) is 12.6 Å². The maximum Gasteiger partial charge on any atom is 0.249 e. The van der Waals surface area contributed by atoms with E-state index in [1.165, 1.54) is 6.08 Å². The topological polar surface area (TPSA) is 109 Å². The molecule has 9 heteroatoms. The Bertz CT molecular complexity index is 1340. The van der Waals surface area contributed by atoms with Crippen molar-refractivity contribution in [3.05, 3.63) is 60.8 Å². The molecule has 0 atom stereocenters. The number of methoxy groups -OCH3 is 1. The van der Waals surface area contributed by atoms with E-state index in [0.29, 0.717) is 18.2 Å². The maximum absolute atomic E-state index is 12.3. The highest BCUT2D eigenvalue weighted by molar-refractivity contribution is 5.99. The van der Waals surface area contributed by atoms with Crippen molar-refractivity contribution < 1.29 is 9.53 Å². The number of likely N-dealkylation sites (N-methyl/N-ethyl adjacent to an activating group) is 1. The maximum atomic E-state index is 12.3. The van der Waals surface area contributed by atoms with Crippen molar-refractivity contribution in [3.63, 3.8) is 0 Å². The molecule has 0 aromatic carbocycles. The Morgan fingerprint density at radius 1 is 1.15 bits per heavy atom. The summed E-state index contributed by atoms with van der Waals surface area (Å²) in [5.74, 6) is 0.528. The fraction of sp³-hybridized carbons (Fsp3) is 0.240. The molecular weight excluding hydrogens is 430 g/mol. The number of aromatic amines is 1. The van der Waals surface area contributed by atoms with Gasteiger partial charge in [0.1, 0.15) is 17.8 Å². The molecule has 4 aromatic heterocycles. The summed E-state index contributed by atoms with van der Waals surface area (Å²) >= 11 is 0. The van der Waals surface area contributed by atoms with E-state index in [9.17, 15) is 4.79 Å². The van der Waals surface area contributed by atoms with Gasteiger partial charge in [0.05, 0.1) is 12.8 Å². The van der Waals surface area contributed by atoms with E-state index in [0.717, 1.165) is 45.5 Å². The van der Waals surface area contributed by atoms with E-state index in [2.05, 4.69) is 37.2 Å². The second-order valence-corrected chi connectivity index (χ2v) is 8.01. The number of ether oxygens (including phenoxy) is 1. The molecule has 9 nitrogen and oxygen atoms in total. The van der Waals surface area contributed by atoms with Crippen LogP contribution in [0.2, 0.25) is 0 Å². The number of rotatable bonds is 8. The van der Waals surface area contributed by atoms with Gasteiger partial charge in [-0.2, -0.15) is 4.98 Å². The van der Waals surface area contributed by atoms with Crippen LogP contribution in [0.15, 0.2) is 55.1 Å². The van der Waals surface area contributed by atoms with Gasteiger partial charge in [-0.05, 0) is 44.3 Å². The molecule has 0 aliphatic heterocycles. The van der Waals surface area contributed by atoms with Crippen LogP contribution in [-0.4, -0.2) is 63.5 Å². The van der Waals surface area contributed by atoms with Crippen molar-refractivity contribution in [1.82, 2.24) is 29.8 Å². The van der Waals surface area contributed by atoms with Crippen LogP contribution in [0.4, 0.5) is 5.82 Å². The smallest absolute Gasteiger partial charge is 0.249 e. The quantitative estimate of drug-likeness (QED) is 0.388. The Labute approximate surface area is 197 Å². The molecule has 0 saturated heterocycles. The van der Waals surface area contributed by atoms with Crippen molar-refractivity contribution >= 4 is 22.8 Å². The minimum atomic E-state index is -0.259. The van der Waals surface area contributed by atoms with Gasteiger partial charge in [-0.1, -0.05) is 13.0 Å². The standard InChI is InChI=1S/C25H27N7O2/c1-5-18-12-21(29-15-28-18)20-14-27-25-19(20)9-17(13-26-25)16-10-22(31-24(11-16)34-4)30-23(33)7-6-8-32(2)3/h6-7,9-15H,5,8H2,1-4H3,(H,26,27)(H,30,31,33)/b7-6+. The van der Waals surface area contributed by atoms with Crippen molar-refractivity contribution in [2.45, 2.75) is 13.3 Å². The van der Waals surface area contributed by atoms with Crippen LogP contribution in [0.5, 0.6) is 5.88 Å². The van der Waals surface area contributed by atoms with Crippen molar-refractivity contribution in [3.8, 4) is 28.3 Å². The molecule has 0 aliphatic rings. The van der Waals surface area contributed by atoms with Gasteiger partial charge in [-0.15, -0.1) is 0 Å². The number of hydrogen-bond acceptors (Lipinski definition) is 7. The van der Waals surface area contributed by atoms with Crippen LogP contribution >= 0.6 is 0 Å². The highest BCUT2D eigenvalue weighted by atomic mass is 16.5. The van der Waals surface area contributed by atoms with E-state index in [4.69, 9.17) is 4.74 Å². The van der Waals surface area contributed by atoms with Crippen molar-refractivity contribution in [1.29, 1.82) is 0 Å². The first-order valence-electron chi connectivity index (χ1n) is 10.9. The van der Waals surface area contributed by atoms with E-state index in [1.807, 2.05) is 43.4 Å². The van der Waals surface area contributed by atoms with E-state index in [1.54, 1.807) is 31.8 Å². The predicted molar refractivity (Wildman–Crippen MR) is 133 cm³/mol. The third kappa shape index (κ3) is 5.26. The van der Waals surface area contributed by atoms with Crippen LogP contribution in [0.25, 0.3) is 33.4 Å². The molecule has 0 bridgehead atoms. The number of nitrogens with one attached hydrogen (secondary N) is 2. The first-order chi connectivity index (χ1) is 16.5. The molecule has 0 fully saturated rings. The zero-order chi connectivity index (χ0) is 24.1. The van der Waals surface area contributed by atoms with Gasteiger partial charge in [0.15, 0.2) is 0 Å². The summed E-state index contributed by atoms with van der Waals surface area (Å²) in [7, 11) is 5.42. The predicted octanol–water partition coefficient (Wildman–Crippen LogP) is 3.71. The molecule has 4 rings (SSSR count). The fourth-order valence-corrected chi connectivity index (χ4v) is 3.49. The number of fused-ring (bicyclic) bond motifs is 1. The molecule has 0 saturated carbocycles. The third-order valence-electron chi connectivity index (χ3n) is 5.23. The lowest BCUT2D eigenvalue weighted by molar-refractivity contribution is -0.111. The number of aromatic nitrogens is 5. The van der Waals surface area contributed by atoms with Gasteiger partial charge < -0.3 is 19.9 Å². The van der Waals surface area contributed by atoms with Crippen LogP contribution in [-0.2, 0) is 11.2 Å². The highest BCUT2D eigenvalue weighted by Gasteiger charge is 2.13. The Hall–Kier alpha value is -4.11. The number of pyridine rings is 2. The zero-order valence-corrected chi connectivity index (χ0v) is 19.7. The summed E-state index contributed by atoms with van der Waals surface area (Å²) in [6.45, 7) is 2.73. The summed E-state index contributed by atoms with van der Waals surface area (Å²) in [5, 5.41) is 3.74. The number of anilines is 1. The highest BCUT2D eigenvalue weighted by Crippen LogP contribution is 2.32. The normalized spacial score (nSPS) is 11.4. The van der Waals surface area contributed by atoms with E-state index >= 15 is 0 Å². The second kappa shape index (κ2) is 10.2. The SMILES string of the molecule is CCc1cc(-c2c[nH]c3ncc(-c4cc(NC(=O)/C=C/CN(C)C)nc(OC)c4)cc23)ncn1. The monoisotopic (exact) mass is 457 g/mol. The van der Waals surface area contributed by atoms with Gasteiger partial charge in [0.2, 0.25) is 11.8 Å². The molecule has 0 radical (unpaired) electrons. The molecule has 4 aromatic rings. The number of aryl methyl sites for hydroxylation is 1. The Balaban J connectivity index is 1.69. The lowest BCUT2D eigenvalue weighted by atomic mass is 10.0. The van der Waals surface area contributed by atoms with Crippen LogP contribution < -0.4 is 10.1 Å². The van der Waals surface area contributed by atoms with Crippen LogP contribution in [0.3, 0.4) is 0 Å². The molecule has 174 valence electrons. The molecule has 34 heavy (non-hydrogen) atoms. The van der Waals surface area contributed by atoms with Gasteiger partial charge in [0, 0.05) is 53.3 Å². The number of nitrogens with zero attached hydrogens (tertiary/aromatic N) is 5. The second-order valence-electron chi connectivity index (χ2n) is 8.01. The summed E-state index contributed by atoms with van der Waals surface area (Å²) in [5.41, 5.74) is 5.19. The summed E-state index contributed by atoms with van der Waals surface area (Å²) in [4.78, 5) is 35.2. The molecule has 4 heterocycles. The van der Waals surface area contributed by atoms with E-state index < -0.39 is 0 Å². The summed E-state index contributed by atoms with van der Waals surface area (Å²) in [6, 6.07) is 7.64. The van der Waals surface area contributed by atoms with Gasteiger partial charge in [0.25, 0.3) is 0 Å². The number of carbonyl (C=O) groups excluding carboxylic acids is 1. The number of hydrogen-bond donors (Lipinski definition) is 2. The van der Waals surface area contributed by atoms with Crippen molar-refractivity contribution in [2.75, 3.05) is 33.1 Å². The third-order valence-corrected chi connectivity index (χ3v) is 5.23. The molecule has 2 N–H and O–H groups in total. The van der Waals surface area contributed by atoms with Gasteiger partial charge in [-0.3, -0.25) is 4.79 Å². The molecule has 0 unspecified atom stereocenters. The number of H-pyrrole nitrogens is 1. The van der Waals surface area contributed by atoms with E-state index in [-0.39, 0.29) is 5.91 Å². The van der Waals surface area contributed by atoms with Gasteiger partial charge >= 0.3 is 0 Å². The molecule has 0 spiro atoms. The Kier molecular flexibility index (Phi) is 6.93. The minimum absolute atomic E-state index is 0.259. The number of carbonyl (C=O) groups is 1. The largest absolute Gasteiger partial charge is 0.481 e. The Morgan fingerprint density at radius 2 is 2.00 bits per heavy atom. The average molecular weight is 458 g/mol.